The van der Waals surface area contributed by atoms with Gasteiger partial charge in [0, 0.05) is 61.7 Å². The molecule has 0 aliphatic carbocycles. The average molecular weight is 562 g/mol. The van der Waals surface area contributed by atoms with Crippen LogP contribution in [-0.4, -0.2) is 87.2 Å². The van der Waals surface area contributed by atoms with Crippen LogP contribution in [0.15, 0.2) is 29.6 Å². The fraction of sp³-hybridized carbons (Fsp3) is 0.519. The van der Waals surface area contributed by atoms with Crippen LogP contribution >= 0.6 is 22.9 Å². The van der Waals surface area contributed by atoms with E-state index in [1.54, 1.807) is 36.6 Å². The lowest BCUT2D eigenvalue weighted by Gasteiger charge is -2.24. The first kappa shape index (κ1) is 28.4. The van der Waals surface area contributed by atoms with Crippen molar-refractivity contribution in [2.24, 2.45) is 0 Å². The van der Waals surface area contributed by atoms with Gasteiger partial charge in [0.1, 0.15) is 6.04 Å². The first-order chi connectivity index (χ1) is 18.3. The Hall–Kier alpha value is -2.66. The second-order valence-electron chi connectivity index (χ2n) is 9.96. The molecule has 2 aliphatic rings. The number of ether oxygens (including phenoxy) is 1. The van der Waals surface area contributed by atoms with E-state index in [1.807, 2.05) is 35.3 Å². The number of anilines is 1. The molecule has 4 rings (SSSR count). The van der Waals surface area contributed by atoms with Crippen LogP contribution < -0.4 is 15.5 Å². The fourth-order valence-electron chi connectivity index (χ4n) is 4.86. The van der Waals surface area contributed by atoms with Crippen LogP contribution in [-0.2, 0) is 22.5 Å². The molecule has 1 aromatic heterocycles. The molecule has 2 aromatic rings. The minimum absolute atomic E-state index is 0.0742. The molecule has 0 bridgehead atoms. The number of urea groups is 1. The lowest BCUT2D eigenvalue weighted by molar-refractivity contribution is -0.124. The van der Waals surface area contributed by atoms with E-state index in [0.29, 0.717) is 48.7 Å². The Morgan fingerprint density at radius 3 is 2.74 bits per heavy atom. The number of aryl methyl sites for hydroxylation is 1. The number of benzene rings is 1. The lowest BCUT2D eigenvalue weighted by Crippen LogP contribution is -2.50. The number of rotatable bonds is 8. The van der Waals surface area contributed by atoms with Crippen molar-refractivity contribution in [3.63, 3.8) is 0 Å². The number of fused-ring (bicyclic) bond motifs is 1. The summed E-state index contributed by atoms with van der Waals surface area (Å²) in [5.74, 6) is -0.264. The number of thiophene rings is 1. The zero-order valence-corrected chi connectivity index (χ0v) is 23.7. The molecule has 1 fully saturated rings. The molecule has 0 saturated carbocycles. The number of carbonyl (C=O) groups excluding carboxylic acids is 3. The molecule has 2 N–H and O–H groups in total. The summed E-state index contributed by atoms with van der Waals surface area (Å²) < 4.78 is 5.44. The first-order valence-corrected chi connectivity index (χ1v) is 14.2. The minimum Gasteiger partial charge on any atom is -0.380 e. The van der Waals surface area contributed by atoms with Crippen LogP contribution in [0.2, 0.25) is 5.02 Å². The molecule has 2 aliphatic heterocycles. The number of likely N-dealkylation sites (N-methyl/N-ethyl adjacent to an activating group) is 1. The van der Waals surface area contributed by atoms with E-state index in [9.17, 15) is 14.4 Å². The molecule has 1 aromatic carbocycles. The van der Waals surface area contributed by atoms with Gasteiger partial charge in [-0.1, -0.05) is 17.7 Å². The molecule has 206 valence electrons. The molecule has 38 heavy (non-hydrogen) atoms. The monoisotopic (exact) mass is 561 g/mol. The maximum atomic E-state index is 13.3. The number of nitrogens with one attached hydrogen (secondary N) is 2. The second-order valence-corrected chi connectivity index (χ2v) is 11.4. The molecule has 11 heteroatoms. The lowest BCUT2D eigenvalue weighted by atomic mass is 10.1. The predicted octanol–water partition coefficient (Wildman–Crippen LogP) is 3.36. The Balaban J connectivity index is 1.38. The normalized spacial score (nSPS) is 19.3. The number of amides is 4. The summed E-state index contributed by atoms with van der Waals surface area (Å²) >= 11 is 8.24. The number of nitrogens with zero attached hydrogens (tertiary/aromatic N) is 3. The van der Waals surface area contributed by atoms with E-state index in [4.69, 9.17) is 16.3 Å². The van der Waals surface area contributed by atoms with Crippen molar-refractivity contribution >= 4 is 46.5 Å². The highest BCUT2D eigenvalue weighted by Crippen LogP contribution is 2.32. The van der Waals surface area contributed by atoms with Crippen LogP contribution in [0.3, 0.4) is 0 Å². The number of carbonyl (C=O) groups is 3. The van der Waals surface area contributed by atoms with E-state index < -0.39 is 6.04 Å². The Labute approximate surface area is 233 Å². The van der Waals surface area contributed by atoms with Crippen LogP contribution in [0, 0.1) is 0 Å². The van der Waals surface area contributed by atoms with Crippen molar-refractivity contribution in [3.8, 4) is 0 Å². The molecular weight excluding hydrogens is 526 g/mol. The van der Waals surface area contributed by atoms with Gasteiger partial charge in [-0.3, -0.25) is 9.59 Å². The van der Waals surface area contributed by atoms with Crippen molar-refractivity contribution in [2.45, 2.75) is 44.4 Å². The molecule has 4 amide bonds. The third-order valence-corrected chi connectivity index (χ3v) is 8.36. The molecule has 0 radical (unpaired) electrons. The van der Waals surface area contributed by atoms with E-state index in [1.165, 1.54) is 9.78 Å². The summed E-state index contributed by atoms with van der Waals surface area (Å²) in [6.45, 7) is 2.40. The van der Waals surface area contributed by atoms with Crippen molar-refractivity contribution < 1.29 is 19.1 Å². The van der Waals surface area contributed by atoms with Gasteiger partial charge in [-0.2, -0.15) is 0 Å². The van der Waals surface area contributed by atoms with Gasteiger partial charge in [-0.05, 0) is 62.5 Å². The van der Waals surface area contributed by atoms with Crippen molar-refractivity contribution in [3.05, 3.63) is 50.7 Å². The Morgan fingerprint density at radius 2 is 2.00 bits per heavy atom. The van der Waals surface area contributed by atoms with Gasteiger partial charge in [-0.25, -0.2) is 4.79 Å². The van der Waals surface area contributed by atoms with Gasteiger partial charge in [0.2, 0.25) is 5.91 Å². The first-order valence-electron chi connectivity index (χ1n) is 12.9. The zero-order chi connectivity index (χ0) is 27.2. The second kappa shape index (κ2) is 12.9. The molecular formula is C27H36ClN5O4S. The fourth-order valence-corrected chi connectivity index (χ4v) is 6.03. The highest BCUT2D eigenvalue weighted by atomic mass is 35.5. The van der Waals surface area contributed by atoms with Crippen molar-refractivity contribution in [1.29, 1.82) is 0 Å². The summed E-state index contributed by atoms with van der Waals surface area (Å²) in [5.41, 5.74) is 2.20. The maximum Gasteiger partial charge on any atom is 0.318 e. The summed E-state index contributed by atoms with van der Waals surface area (Å²) in [7, 11) is 5.45. The molecule has 0 unspecified atom stereocenters. The van der Waals surface area contributed by atoms with E-state index >= 15 is 0 Å². The molecule has 1 saturated heterocycles. The topological polar surface area (TPSA) is 94.2 Å². The largest absolute Gasteiger partial charge is 0.380 e. The Morgan fingerprint density at radius 1 is 1.18 bits per heavy atom. The number of hydrogen-bond donors (Lipinski definition) is 2. The summed E-state index contributed by atoms with van der Waals surface area (Å²) in [4.78, 5) is 45.8. The summed E-state index contributed by atoms with van der Waals surface area (Å²) in [5, 5.41) is 8.22. The van der Waals surface area contributed by atoms with Crippen LogP contribution in [0.1, 0.15) is 40.1 Å². The standard InChI is InChI=1S/C27H36ClN5O4S/c1-31(2)12-10-29-25(34)23-15-20(37-3)17-33(23)27(36)30-16-19-8-7-18(14-21(19)28)26(35)32-11-5-4-6-24-22(32)9-13-38-24/h7-9,13-14,20,23H,4-6,10-12,15-17H2,1-3H3,(H,29,34)(H,30,36)/t20-,23+/m1/s1. The molecule has 3 heterocycles. The SMILES string of the molecule is CO[C@@H]1C[C@@H](C(=O)NCCN(C)C)N(C(=O)NCc2ccc(C(=O)N3CCCCc4sccc43)cc2Cl)C1. The summed E-state index contributed by atoms with van der Waals surface area (Å²) in [6, 6.07) is 6.24. The molecule has 9 nitrogen and oxygen atoms in total. The molecule has 0 spiro atoms. The highest BCUT2D eigenvalue weighted by molar-refractivity contribution is 7.10. The number of methoxy groups -OCH3 is 1. The average Bonchev–Trinajstić information content (AvgIpc) is 3.50. The minimum atomic E-state index is -0.604. The number of halogens is 1. The van der Waals surface area contributed by atoms with Gasteiger partial charge in [-0.15, -0.1) is 11.3 Å². The molecule has 2 atom stereocenters. The number of hydrogen-bond acceptors (Lipinski definition) is 6. The van der Waals surface area contributed by atoms with Crippen molar-refractivity contribution in [1.82, 2.24) is 20.4 Å². The highest BCUT2D eigenvalue weighted by Gasteiger charge is 2.39. The van der Waals surface area contributed by atoms with Gasteiger partial charge < -0.3 is 30.1 Å². The van der Waals surface area contributed by atoms with Crippen LogP contribution in [0.5, 0.6) is 0 Å². The van der Waals surface area contributed by atoms with E-state index in [0.717, 1.165) is 24.9 Å². The predicted molar refractivity (Wildman–Crippen MR) is 150 cm³/mol. The maximum absolute atomic E-state index is 13.3. The van der Waals surface area contributed by atoms with Crippen molar-refractivity contribution in [2.75, 3.05) is 52.3 Å². The van der Waals surface area contributed by atoms with Gasteiger partial charge in [0.25, 0.3) is 5.91 Å². The quantitative estimate of drug-likeness (QED) is 0.515. The summed E-state index contributed by atoms with van der Waals surface area (Å²) in [6.07, 6.45) is 3.26. The Bertz CT molecular complexity index is 1160. The third kappa shape index (κ3) is 6.66. The van der Waals surface area contributed by atoms with Gasteiger partial charge >= 0.3 is 6.03 Å². The Kier molecular flexibility index (Phi) is 9.64. The van der Waals surface area contributed by atoms with E-state index in [-0.39, 0.29) is 30.5 Å². The van der Waals surface area contributed by atoms with Gasteiger partial charge in [0.05, 0.1) is 11.8 Å². The number of likely N-dealkylation sites (tertiary alicyclic amines) is 1. The van der Waals surface area contributed by atoms with Crippen LogP contribution in [0.4, 0.5) is 10.5 Å². The van der Waals surface area contributed by atoms with E-state index in [2.05, 4.69) is 10.6 Å². The smallest absolute Gasteiger partial charge is 0.318 e. The van der Waals surface area contributed by atoms with Crippen LogP contribution in [0.25, 0.3) is 0 Å². The zero-order valence-electron chi connectivity index (χ0n) is 22.2. The third-order valence-electron chi connectivity index (χ3n) is 7.04. The van der Waals surface area contributed by atoms with Gasteiger partial charge in [0.15, 0.2) is 0 Å².